The van der Waals surface area contributed by atoms with E-state index >= 15 is 0 Å². The Kier molecular flexibility index (Phi) is 9.63. The molecule has 0 heterocycles. The van der Waals surface area contributed by atoms with E-state index in [0.29, 0.717) is 12.5 Å². The van der Waals surface area contributed by atoms with Crippen LogP contribution >= 0.6 is 0 Å². The lowest BCUT2D eigenvalue weighted by molar-refractivity contribution is -0.143. The first-order valence-electron chi connectivity index (χ1n) is 11.1. The number of nitrogens with one attached hydrogen (secondary N) is 2. The SMILES string of the molecule is COC(=O)[C@H](CC1CCCCC1)NC[C@@H](NC(=O)OCc1ccccc1)C(C)(C)C. The summed E-state index contributed by atoms with van der Waals surface area (Å²) in [6.07, 6.45) is 6.41. The van der Waals surface area contributed by atoms with Crippen LogP contribution in [-0.2, 0) is 20.9 Å². The first-order valence-corrected chi connectivity index (χ1v) is 11.1. The van der Waals surface area contributed by atoms with E-state index in [1.54, 1.807) is 0 Å². The molecule has 2 rings (SSSR count). The van der Waals surface area contributed by atoms with Gasteiger partial charge in [0, 0.05) is 12.6 Å². The third kappa shape index (κ3) is 8.34. The number of carbonyl (C=O) groups is 2. The van der Waals surface area contributed by atoms with Crippen LogP contribution in [0.2, 0.25) is 0 Å². The van der Waals surface area contributed by atoms with E-state index in [-0.39, 0.29) is 30.1 Å². The number of carbonyl (C=O) groups excluding carboxylic acids is 2. The van der Waals surface area contributed by atoms with E-state index in [4.69, 9.17) is 9.47 Å². The van der Waals surface area contributed by atoms with Gasteiger partial charge in [-0.15, -0.1) is 0 Å². The average molecular weight is 419 g/mol. The fraction of sp³-hybridized carbons (Fsp3) is 0.667. The standard InChI is InChI=1S/C24H38N2O4/c1-24(2,3)21(26-23(28)30-17-19-13-9-6-10-14-19)16-25-20(22(27)29-4)15-18-11-7-5-8-12-18/h6,9-10,13-14,18,20-21,25H,5,7-8,11-12,15-17H2,1-4H3,(H,26,28)/t20-,21+/m0/s1. The molecule has 168 valence electrons. The summed E-state index contributed by atoms with van der Waals surface area (Å²) in [7, 11) is 1.43. The van der Waals surface area contributed by atoms with Gasteiger partial charge < -0.3 is 20.1 Å². The molecule has 1 aromatic carbocycles. The van der Waals surface area contributed by atoms with E-state index in [1.807, 2.05) is 30.3 Å². The molecular formula is C24H38N2O4. The fourth-order valence-electron chi connectivity index (χ4n) is 3.90. The van der Waals surface area contributed by atoms with E-state index in [1.165, 1.54) is 39.2 Å². The maximum Gasteiger partial charge on any atom is 0.407 e. The van der Waals surface area contributed by atoms with Crippen LogP contribution in [0, 0.1) is 11.3 Å². The van der Waals surface area contributed by atoms with Crippen LogP contribution in [0.15, 0.2) is 30.3 Å². The van der Waals surface area contributed by atoms with Crippen LogP contribution in [0.25, 0.3) is 0 Å². The lowest BCUT2D eigenvalue weighted by Crippen LogP contribution is -2.53. The topological polar surface area (TPSA) is 76.7 Å². The number of rotatable bonds is 9. The second-order valence-corrected chi connectivity index (χ2v) is 9.35. The molecule has 0 saturated heterocycles. The Morgan fingerprint density at radius 2 is 1.77 bits per heavy atom. The zero-order chi connectivity index (χ0) is 22.0. The van der Waals surface area contributed by atoms with Gasteiger partial charge in [-0.1, -0.05) is 83.2 Å². The molecule has 0 spiro atoms. The maximum absolute atomic E-state index is 12.4. The van der Waals surface area contributed by atoms with Gasteiger partial charge in [0.05, 0.1) is 7.11 Å². The van der Waals surface area contributed by atoms with Crippen molar-refractivity contribution in [3.8, 4) is 0 Å². The minimum Gasteiger partial charge on any atom is -0.468 e. The minimum atomic E-state index is -0.456. The summed E-state index contributed by atoms with van der Waals surface area (Å²) in [6.45, 7) is 6.88. The maximum atomic E-state index is 12.4. The van der Waals surface area contributed by atoms with Crippen molar-refractivity contribution in [3.63, 3.8) is 0 Å². The van der Waals surface area contributed by atoms with Crippen LogP contribution in [0.3, 0.4) is 0 Å². The quantitative estimate of drug-likeness (QED) is 0.580. The van der Waals surface area contributed by atoms with Crippen molar-refractivity contribution < 1.29 is 19.1 Å². The smallest absolute Gasteiger partial charge is 0.407 e. The summed E-state index contributed by atoms with van der Waals surface area (Å²) in [6, 6.07) is 9.04. The molecule has 2 N–H and O–H groups in total. The highest BCUT2D eigenvalue weighted by molar-refractivity contribution is 5.75. The highest BCUT2D eigenvalue weighted by atomic mass is 16.5. The molecule has 0 aliphatic heterocycles. The van der Waals surface area contributed by atoms with Crippen molar-refractivity contribution in [2.24, 2.45) is 11.3 Å². The molecule has 1 aliphatic carbocycles. The van der Waals surface area contributed by atoms with E-state index in [0.717, 1.165) is 12.0 Å². The summed E-state index contributed by atoms with van der Waals surface area (Å²) in [4.78, 5) is 24.7. The molecule has 1 aromatic rings. The molecule has 0 bridgehead atoms. The molecule has 6 nitrogen and oxygen atoms in total. The number of hydrogen-bond acceptors (Lipinski definition) is 5. The highest BCUT2D eigenvalue weighted by Gasteiger charge is 2.30. The van der Waals surface area contributed by atoms with Crippen molar-refractivity contribution >= 4 is 12.1 Å². The van der Waals surface area contributed by atoms with E-state index in [9.17, 15) is 9.59 Å². The first-order chi connectivity index (χ1) is 14.3. The normalized spacial score (nSPS) is 17.1. The summed E-state index contributed by atoms with van der Waals surface area (Å²) in [5.74, 6) is 0.312. The van der Waals surface area contributed by atoms with Gasteiger partial charge in [0.25, 0.3) is 0 Å². The molecule has 1 amide bonds. The fourth-order valence-corrected chi connectivity index (χ4v) is 3.90. The third-order valence-electron chi connectivity index (χ3n) is 5.90. The van der Waals surface area contributed by atoms with Gasteiger partial charge in [-0.2, -0.15) is 0 Å². The Balaban J connectivity index is 1.91. The number of alkyl carbamates (subject to hydrolysis) is 1. The van der Waals surface area contributed by atoms with Crippen molar-refractivity contribution in [1.29, 1.82) is 0 Å². The Hall–Kier alpha value is -2.08. The number of benzene rings is 1. The van der Waals surface area contributed by atoms with Gasteiger partial charge in [0.15, 0.2) is 0 Å². The predicted molar refractivity (Wildman–Crippen MR) is 118 cm³/mol. The van der Waals surface area contributed by atoms with Gasteiger partial charge in [-0.3, -0.25) is 4.79 Å². The van der Waals surface area contributed by atoms with Gasteiger partial charge in [0.2, 0.25) is 0 Å². The Labute approximate surface area is 181 Å². The number of amides is 1. The second-order valence-electron chi connectivity index (χ2n) is 9.35. The zero-order valence-electron chi connectivity index (χ0n) is 18.9. The van der Waals surface area contributed by atoms with E-state index in [2.05, 4.69) is 31.4 Å². The Bertz CT molecular complexity index is 651. The van der Waals surface area contributed by atoms with Crippen molar-refractivity contribution in [3.05, 3.63) is 35.9 Å². The van der Waals surface area contributed by atoms with Gasteiger partial charge in [-0.25, -0.2) is 4.79 Å². The Morgan fingerprint density at radius 3 is 2.37 bits per heavy atom. The number of esters is 1. The van der Waals surface area contributed by atoms with Crippen molar-refractivity contribution in [2.45, 2.75) is 78.0 Å². The first kappa shape index (κ1) is 24.2. The van der Waals surface area contributed by atoms with Crippen molar-refractivity contribution in [2.75, 3.05) is 13.7 Å². The number of methoxy groups -OCH3 is 1. The molecular weight excluding hydrogens is 380 g/mol. The predicted octanol–water partition coefficient (Wildman–Crippen LogP) is 4.43. The Morgan fingerprint density at radius 1 is 1.10 bits per heavy atom. The molecule has 0 unspecified atom stereocenters. The third-order valence-corrected chi connectivity index (χ3v) is 5.90. The highest BCUT2D eigenvalue weighted by Crippen LogP contribution is 2.28. The summed E-state index contributed by atoms with van der Waals surface area (Å²) < 4.78 is 10.4. The van der Waals surface area contributed by atoms with Crippen molar-refractivity contribution in [1.82, 2.24) is 10.6 Å². The summed E-state index contributed by atoms with van der Waals surface area (Å²) >= 11 is 0. The lowest BCUT2D eigenvalue weighted by atomic mass is 9.84. The van der Waals surface area contributed by atoms with Crippen LogP contribution < -0.4 is 10.6 Å². The number of hydrogen-bond donors (Lipinski definition) is 2. The van der Waals surface area contributed by atoms with E-state index < -0.39 is 6.09 Å². The monoisotopic (exact) mass is 418 g/mol. The summed E-state index contributed by atoms with van der Waals surface area (Å²) in [5, 5.41) is 6.33. The molecule has 0 radical (unpaired) electrons. The molecule has 0 aromatic heterocycles. The van der Waals surface area contributed by atoms with Crippen LogP contribution in [-0.4, -0.2) is 37.8 Å². The van der Waals surface area contributed by atoms with Gasteiger partial charge in [0.1, 0.15) is 12.6 Å². The molecule has 30 heavy (non-hydrogen) atoms. The lowest BCUT2D eigenvalue weighted by Gasteiger charge is -2.33. The van der Waals surface area contributed by atoms with Gasteiger partial charge >= 0.3 is 12.1 Å². The molecule has 1 aliphatic rings. The second kappa shape index (κ2) is 11.9. The van der Waals surface area contributed by atoms with Crippen LogP contribution in [0.5, 0.6) is 0 Å². The summed E-state index contributed by atoms with van der Waals surface area (Å²) in [5.41, 5.74) is 0.737. The molecule has 2 atom stereocenters. The number of ether oxygens (including phenoxy) is 2. The van der Waals surface area contributed by atoms with Gasteiger partial charge in [-0.05, 0) is 23.3 Å². The minimum absolute atomic E-state index is 0.195. The van der Waals surface area contributed by atoms with Crippen LogP contribution in [0.1, 0.15) is 64.9 Å². The molecule has 1 fully saturated rings. The largest absolute Gasteiger partial charge is 0.468 e. The molecule has 1 saturated carbocycles. The molecule has 6 heteroatoms. The zero-order valence-corrected chi connectivity index (χ0v) is 18.9. The average Bonchev–Trinajstić information content (AvgIpc) is 2.74. The van der Waals surface area contributed by atoms with Crippen LogP contribution in [0.4, 0.5) is 4.79 Å².